The second-order valence-electron chi connectivity index (χ2n) is 6.23. The molecule has 1 atom stereocenters. The number of aryl methyl sites for hydroxylation is 1. The highest BCUT2D eigenvalue weighted by molar-refractivity contribution is 6.00. The van der Waals surface area contributed by atoms with Crippen LogP contribution in [-0.4, -0.2) is 31.6 Å². The van der Waals surface area contributed by atoms with Crippen molar-refractivity contribution in [3.8, 4) is 17.2 Å². The molecule has 2 N–H and O–H groups in total. The summed E-state index contributed by atoms with van der Waals surface area (Å²) in [5, 5.41) is 0.761. The Labute approximate surface area is 160 Å². The van der Waals surface area contributed by atoms with E-state index in [9.17, 15) is 9.59 Å². The maximum atomic E-state index is 12.5. The van der Waals surface area contributed by atoms with E-state index >= 15 is 0 Å². The highest BCUT2D eigenvalue weighted by atomic mass is 16.6. The van der Waals surface area contributed by atoms with Crippen molar-refractivity contribution in [3.05, 3.63) is 53.8 Å². The number of hydrazine groups is 1. The third-order valence-electron chi connectivity index (χ3n) is 4.45. The predicted octanol–water partition coefficient (Wildman–Crippen LogP) is 2.35. The normalized spacial score (nSPS) is 15.1. The first-order chi connectivity index (χ1) is 13.6. The van der Waals surface area contributed by atoms with Gasteiger partial charge in [0.05, 0.1) is 7.11 Å². The lowest BCUT2D eigenvalue weighted by molar-refractivity contribution is -0.131. The number of methoxy groups -OCH3 is 1. The minimum atomic E-state index is -0.878. The number of para-hydroxylation sites is 2. The van der Waals surface area contributed by atoms with Gasteiger partial charge < -0.3 is 18.6 Å². The number of fused-ring (bicyclic) bond motifs is 2. The van der Waals surface area contributed by atoms with Gasteiger partial charge in [0.15, 0.2) is 17.3 Å². The van der Waals surface area contributed by atoms with Gasteiger partial charge in [-0.1, -0.05) is 12.1 Å². The summed E-state index contributed by atoms with van der Waals surface area (Å²) < 4.78 is 21.9. The molecule has 3 aromatic rings. The van der Waals surface area contributed by atoms with Crippen LogP contribution in [0.3, 0.4) is 0 Å². The predicted molar refractivity (Wildman–Crippen MR) is 99.5 cm³/mol. The Hall–Kier alpha value is -3.68. The Kier molecular flexibility index (Phi) is 4.52. The molecule has 1 aliphatic heterocycles. The van der Waals surface area contributed by atoms with Crippen LogP contribution in [0.5, 0.6) is 17.2 Å². The van der Waals surface area contributed by atoms with E-state index < -0.39 is 17.9 Å². The topological polar surface area (TPSA) is 99.0 Å². The van der Waals surface area contributed by atoms with Crippen LogP contribution in [0.25, 0.3) is 11.0 Å². The van der Waals surface area contributed by atoms with E-state index in [1.807, 2.05) is 6.07 Å². The van der Waals surface area contributed by atoms with Crippen LogP contribution in [-0.2, 0) is 4.79 Å². The zero-order valence-electron chi connectivity index (χ0n) is 15.3. The Morgan fingerprint density at radius 2 is 1.89 bits per heavy atom. The molecule has 1 aromatic heterocycles. The van der Waals surface area contributed by atoms with E-state index in [-0.39, 0.29) is 12.4 Å². The molecule has 2 amide bonds. The SMILES string of the molecule is COc1ccc2oc(C(=O)NNC(=O)[C@@H]3COc4ccccc4O3)c(C)c2c1. The number of amides is 2. The number of furan rings is 1. The number of hydrogen-bond donors (Lipinski definition) is 2. The molecule has 0 saturated carbocycles. The molecular formula is C20H18N2O6. The summed E-state index contributed by atoms with van der Waals surface area (Å²) in [6.45, 7) is 1.80. The Morgan fingerprint density at radius 1 is 1.11 bits per heavy atom. The van der Waals surface area contributed by atoms with Gasteiger partial charge in [-0.15, -0.1) is 0 Å². The molecule has 144 valence electrons. The molecule has 2 heterocycles. The van der Waals surface area contributed by atoms with E-state index in [0.717, 1.165) is 5.39 Å². The largest absolute Gasteiger partial charge is 0.497 e. The monoisotopic (exact) mass is 382 g/mol. The molecule has 1 aliphatic rings. The zero-order chi connectivity index (χ0) is 19.7. The maximum absolute atomic E-state index is 12.5. The van der Waals surface area contributed by atoms with Gasteiger partial charge in [0.2, 0.25) is 6.10 Å². The molecule has 0 aliphatic carbocycles. The molecule has 8 heteroatoms. The summed E-state index contributed by atoms with van der Waals surface area (Å²) in [5.74, 6) is 0.712. The highest BCUT2D eigenvalue weighted by Crippen LogP contribution is 2.31. The number of ether oxygens (including phenoxy) is 3. The Morgan fingerprint density at radius 3 is 2.68 bits per heavy atom. The lowest BCUT2D eigenvalue weighted by atomic mass is 10.1. The molecule has 8 nitrogen and oxygen atoms in total. The van der Waals surface area contributed by atoms with Crippen LogP contribution < -0.4 is 25.1 Å². The fraction of sp³-hybridized carbons (Fsp3) is 0.200. The standard InChI is InChI=1S/C20H18N2O6/c1-11-13-9-12(25-2)7-8-14(13)28-18(11)20(24)22-21-19(23)17-10-26-15-5-3-4-6-16(15)27-17/h3-9,17H,10H2,1-2H3,(H,21,23)(H,22,24)/t17-/m0/s1. The highest BCUT2D eigenvalue weighted by Gasteiger charge is 2.28. The number of rotatable bonds is 3. The number of carbonyl (C=O) groups excluding carboxylic acids is 2. The molecular weight excluding hydrogens is 364 g/mol. The first kappa shape index (κ1) is 17.7. The number of hydrogen-bond acceptors (Lipinski definition) is 6. The number of nitrogens with one attached hydrogen (secondary N) is 2. The summed E-state index contributed by atoms with van der Waals surface area (Å²) in [4.78, 5) is 24.8. The van der Waals surface area contributed by atoms with E-state index in [4.69, 9.17) is 18.6 Å². The van der Waals surface area contributed by atoms with Crippen LogP contribution in [0, 0.1) is 6.92 Å². The second-order valence-corrected chi connectivity index (χ2v) is 6.23. The van der Waals surface area contributed by atoms with Crippen LogP contribution in [0.1, 0.15) is 16.1 Å². The molecule has 0 unspecified atom stereocenters. The molecule has 0 bridgehead atoms. The minimum Gasteiger partial charge on any atom is -0.497 e. The van der Waals surface area contributed by atoms with Crippen molar-refractivity contribution < 1.29 is 28.2 Å². The van der Waals surface area contributed by atoms with Gasteiger partial charge in [-0.05, 0) is 37.3 Å². The van der Waals surface area contributed by atoms with Crippen molar-refractivity contribution in [1.29, 1.82) is 0 Å². The average molecular weight is 382 g/mol. The Balaban J connectivity index is 1.42. The second kappa shape index (κ2) is 7.15. The van der Waals surface area contributed by atoms with Crippen molar-refractivity contribution in [3.63, 3.8) is 0 Å². The quantitative estimate of drug-likeness (QED) is 0.675. The molecule has 4 rings (SSSR count). The van der Waals surface area contributed by atoms with Crippen molar-refractivity contribution in [2.75, 3.05) is 13.7 Å². The Bertz CT molecular complexity index is 1060. The summed E-state index contributed by atoms with van der Waals surface area (Å²) >= 11 is 0. The van der Waals surface area contributed by atoms with E-state index in [1.54, 1.807) is 50.4 Å². The molecule has 28 heavy (non-hydrogen) atoms. The summed E-state index contributed by atoms with van der Waals surface area (Å²) in [6.07, 6.45) is -0.878. The van der Waals surface area contributed by atoms with Gasteiger partial charge in [-0.3, -0.25) is 20.4 Å². The summed E-state index contributed by atoms with van der Waals surface area (Å²) in [7, 11) is 1.56. The number of carbonyl (C=O) groups is 2. The smallest absolute Gasteiger partial charge is 0.305 e. The van der Waals surface area contributed by atoms with Crippen LogP contribution >= 0.6 is 0 Å². The third kappa shape index (κ3) is 3.20. The van der Waals surface area contributed by atoms with Gasteiger partial charge >= 0.3 is 5.91 Å². The van der Waals surface area contributed by atoms with E-state index in [0.29, 0.717) is 28.4 Å². The summed E-state index contributed by atoms with van der Waals surface area (Å²) in [5.41, 5.74) is 5.90. The fourth-order valence-electron chi connectivity index (χ4n) is 2.95. The van der Waals surface area contributed by atoms with Crippen LogP contribution in [0.4, 0.5) is 0 Å². The molecule has 0 fully saturated rings. The molecule has 0 spiro atoms. The lowest BCUT2D eigenvalue weighted by Gasteiger charge is -2.25. The summed E-state index contributed by atoms with van der Waals surface area (Å²) in [6, 6.07) is 12.3. The first-order valence-corrected chi connectivity index (χ1v) is 8.62. The van der Waals surface area contributed by atoms with Crippen LogP contribution in [0.15, 0.2) is 46.9 Å². The molecule has 0 saturated heterocycles. The third-order valence-corrected chi connectivity index (χ3v) is 4.45. The fourth-order valence-corrected chi connectivity index (χ4v) is 2.95. The van der Waals surface area contributed by atoms with Crippen molar-refractivity contribution in [1.82, 2.24) is 10.9 Å². The van der Waals surface area contributed by atoms with E-state index in [2.05, 4.69) is 10.9 Å². The van der Waals surface area contributed by atoms with Crippen molar-refractivity contribution >= 4 is 22.8 Å². The van der Waals surface area contributed by atoms with Crippen molar-refractivity contribution in [2.45, 2.75) is 13.0 Å². The van der Waals surface area contributed by atoms with Crippen LogP contribution in [0.2, 0.25) is 0 Å². The van der Waals surface area contributed by atoms with Gasteiger partial charge in [0.25, 0.3) is 5.91 Å². The average Bonchev–Trinajstić information content (AvgIpc) is 3.07. The lowest BCUT2D eigenvalue weighted by Crippen LogP contribution is -2.50. The van der Waals surface area contributed by atoms with Gasteiger partial charge in [0.1, 0.15) is 17.9 Å². The number of benzene rings is 2. The molecule has 2 aromatic carbocycles. The zero-order valence-corrected chi connectivity index (χ0v) is 15.3. The van der Waals surface area contributed by atoms with Crippen molar-refractivity contribution in [2.24, 2.45) is 0 Å². The molecule has 0 radical (unpaired) electrons. The van der Waals surface area contributed by atoms with Gasteiger partial charge in [-0.2, -0.15) is 0 Å². The van der Waals surface area contributed by atoms with Gasteiger partial charge in [-0.25, -0.2) is 0 Å². The maximum Gasteiger partial charge on any atom is 0.305 e. The van der Waals surface area contributed by atoms with Gasteiger partial charge in [0, 0.05) is 10.9 Å². The minimum absolute atomic E-state index is 0.0438. The first-order valence-electron chi connectivity index (χ1n) is 8.62. The van der Waals surface area contributed by atoms with E-state index in [1.165, 1.54) is 0 Å².